The highest BCUT2D eigenvalue weighted by Crippen LogP contribution is 2.24. The minimum Gasteiger partial charge on any atom is -0.338 e. The first-order chi connectivity index (χ1) is 13.5. The Morgan fingerprint density at radius 2 is 1.89 bits per heavy atom. The van der Waals surface area contributed by atoms with E-state index in [-0.39, 0.29) is 17.2 Å². The molecule has 0 N–H and O–H groups in total. The first-order valence-corrected chi connectivity index (χ1v) is 9.84. The van der Waals surface area contributed by atoms with Crippen LogP contribution in [0.2, 0.25) is 0 Å². The van der Waals surface area contributed by atoms with Crippen molar-refractivity contribution in [2.75, 3.05) is 13.1 Å². The fourth-order valence-corrected chi connectivity index (χ4v) is 4.05. The number of carbonyl (C=O) groups excluding carboxylic acids is 1. The van der Waals surface area contributed by atoms with E-state index in [1.54, 1.807) is 17.4 Å². The lowest BCUT2D eigenvalue weighted by Gasteiger charge is -2.32. The zero-order valence-corrected chi connectivity index (χ0v) is 15.7. The van der Waals surface area contributed by atoms with Gasteiger partial charge in [0, 0.05) is 30.1 Å². The quantitative estimate of drug-likeness (QED) is 0.672. The average Bonchev–Trinajstić information content (AvgIpc) is 3.25. The maximum atomic E-state index is 13.9. The van der Waals surface area contributed by atoms with Gasteiger partial charge in [0.1, 0.15) is 11.6 Å². The summed E-state index contributed by atoms with van der Waals surface area (Å²) in [6.45, 7) is 0.687. The van der Waals surface area contributed by atoms with Crippen molar-refractivity contribution in [3.8, 4) is 11.3 Å². The van der Waals surface area contributed by atoms with Gasteiger partial charge in [0.05, 0.1) is 17.3 Å². The van der Waals surface area contributed by atoms with Gasteiger partial charge in [-0.1, -0.05) is 0 Å². The van der Waals surface area contributed by atoms with E-state index in [4.69, 9.17) is 0 Å². The van der Waals surface area contributed by atoms with E-state index in [0.29, 0.717) is 25.9 Å². The zero-order valence-electron chi connectivity index (χ0n) is 14.8. The molecule has 4 rings (SSSR count). The van der Waals surface area contributed by atoms with Crippen molar-refractivity contribution in [3.63, 3.8) is 0 Å². The monoisotopic (exact) mass is 401 g/mol. The number of carbonyl (C=O) groups is 1. The summed E-state index contributed by atoms with van der Waals surface area (Å²) in [4.78, 5) is 26.3. The van der Waals surface area contributed by atoms with E-state index in [9.17, 15) is 18.4 Å². The number of hydrogen-bond donors (Lipinski definition) is 0. The molecule has 0 spiro atoms. The number of hydrogen-bond acceptors (Lipinski definition) is 4. The Labute approximate surface area is 163 Å². The minimum atomic E-state index is -0.741. The summed E-state index contributed by atoms with van der Waals surface area (Å²) in [6, 6.07) is 7.85. The summed E-state index contributed by atoms with van der Waals surface area (Å²) < 4.78 is 28.7. The predicted octanol–water partition coefficient (Wildman–Crippen LogP) is 3.73. The van der Waals surface area contributed by atoms with Crippen LogP contribution in [0.4, 0.5) is 8.78 Å². The first-order valence-electron chi connectivity index (χ1n) is 8.89. The van der Waals surface area contributed by atoms with Gasteiger partial charge in [-0.05, 0) is 48.6 Å². The second-order valence-corrected chi connectivity index (χ2v) is 7.44. The van der Waals surface area contributed by atoms with Crippen LogP contribution in [0.5, 0.6) is 0 Å². The average molecular weight is 401 g/mol. The summed E-state index contributed by atoms with van der Waals surface area (Å²) in [5.74, 6) is -1.93. The van der Waals surface area contributed by atoms with Gasteiger partial charge in [-0.25, -0.2) is 13.5 Å². The molecule has 1 aromatic carbocycles. The molecule has 8 heteroatoms. The van der Waals surface area contributed by atoms with Crippen molar-refractivity contribution < 1.29 is 13.6 Å². The third kappa shape index (κ3) is 3.60. The smallest absolute Gasteiger partial charge is 0.267 e. The van der Waals surface area contributed by atoms with Gasteiger partial charge in [0.25, 0.3) is 11.5 Å². The molecule has 1 fully saturated rings. The molecule has 0 unspecified atom stereocenters. The second kappa shape index (κ2) is 7.63. The number of nitrogens with zero attached hydrogens (tertiary/aromatic N) is 3. The van der Waals surface area contributed by atoms with Crippen LogP contribution in [0.1, 0.15) is 29.2 Å². The lowest BCUT2D eigenvalue weighted by Crippen LogP contribution is -2.41. The SMILES string of the molecule is O=C(c1cc(F)ccc1F)N1CCC(n2nc(-c3ccsc3)ccc2=O)CC1. The lowest BCUT2D eigenvalue weighted by molar-refractivity contribution is 0.0683. The van der Waals surface area contributed by atoms with Crippen LogP contribution < -0.4 is 5.56 Å². The summed E-state index contributed by atoms with van der Waals surface area (Å²) in [5.41, 5.74) is 1.21. The molecule has 5 nitrogen and oxygen atoms in total. The van der Waals surface area contributed by atoms with E-state index >= 15 is 0 Å². The van der Waals surface area contributed by atoms with Crippen molar-refractivity contribution in [2.45, 2.75) is 18.9 Å². The van der Waals surface area contributed by atoms with Crippen molar-refractivity contribution >= 4 is 17.2 Å². The number of aromatic nitrogens is 2. The molecule has 0 atom stereocenters. The Morgan fingerprint density at radius 3 is 2.61 bits per heavy atom. The topological polar surface area (TPSA) is 55.2 Å². The van der Waals surface area contributed by atoms with Gasteiger partial charge in [-0.15, -0.1) is 0 Å². The highest BCUT2D eigenvalue weighted by atomic mass is 32.1. The Kier molecular flexibility index (Phi) is 5.04. The fraction of sp³-hybridized carbons (Fsp3) is 0.250. The summed E-state index contributed by atoms with van der Waals surface area (Å²) in [6.07, 6.45) is 1.03. The summed E-state index contributed by atoms with van der Waals surface area (Å²) >= 11 is 1.55. The zero-order chi connectivity index (χ0) is 19.7. The van der Waals surface area contributed by atoms with E-state index in [1.807, 2.05) is 16.8 Å². The summed E-state index contributed by atoms with van der Waals surface area (Å²) in [7, 11) is 0. The number of rotatable bonds is 3. The molecular weight excluding hydrogens is 384 g/mol. The molecule has 28 heavy (non-hydrogen) atoms. The van der Waals surface area contributed by atoms with E-state index in [1.165, 1.54) is 15.6 Å². The van der Waals surface area contributed by atoms with Gasteiger partial charge in [0.2, 0.25) is 0 Å². The van der Waals surface area contributed by atoms with Crippen LogP contribution >= 0.6 is 11.3 Å². The molecule has 2 aromatic heterocycles. The third-order valence-corrected chi connectivity index (χ3v) is 5.58. The highest BCUT2D eigenvalue weighted by molar-refractivity contribution is 7.08. The molecule has 3 aromatic rings. The standard InChI is InChI=1S/C20H17F2N3O2S/c21-14-1-2-17(22)16(11-14)20(27)24-8-5-15(6-9-24)25-19(26)4-3-18(23-25)13-7-10-28-12-13/h1-4,7,10-12,15H,5-6,8-9H2. The van der Waals surface area contributed by atoms with Crippen LogP contribution in [0.15, 0.2) is 52.0 Å². The number of thiophene rings is 1. The van der Waals surface area contributed by atoms with Crippen molar-refractivity contribution in [1.82, 2.24) is 14.7 Å². The molecule has 0 bridgehead atoms. The van der Waals surface area contributed by atoms with Crippen LogP contribution in [-0.2, 0) is 0 Å². The molecule has 1 aliphatic rings. The third-order valence-electron chi connectivity index (χ3n) is 4.90. The maximum absolute atomic E-state index is 13.9. The number of benzene rings is 1. The van der Waals surface area contributed by atoms with Crippen molar-refractivity contribution in [2.24, 2.45) is 0 Å². The van der Waals surface area contributed by atoms with E-state index < -0.39 is 17.5 Å². The predicted molar refractivity (Wildman–Crippen MR) is 102 cm³/mol. The van der Waals surface area contributed by atoms with E-state index in [0.717, 1.165) is 29.5 Å². The van der Waals surface area contributed by atoms with Gasteiger partial charge in [0.15, 0.2) is 0 Å². The number of piperidine rings is 1. The van der Waals surface area contributed by atoms with Gasteiger partial charge >= 0.3 is 0 Å². The molecule has 1 aliphatic heterocycles. The normalized spacial score (nSPS) is 15.0. The fourth-order valence-electron chi connectivity index (χ4n) is 3.40. The molecule has 3 heterocycles. The maximum Gasteiger partial charge on any atom is 0.267 e. The van der Waals surface area contributed by atoms with Crippen LogP contribution in [0.3, 0.4) is 0 Å². The molecule has 0 radical (unpaired) electrons. The minimum absolute atomic E-state index is 0.146. The molecular formula is C20H17F2N3O2S. The molecule has 0 aliphatic carbocycles. The Morgan fingerprint density at radius 1 is 1.11 bits per heavy atom. The Hall–Kier alpha value is -2.87. The van der Waals surface area contributed by atoms with Gasteiger partial charge in [-0.3, -0.25) is 9.59 Å². The summed E-state index contributed by atoms with van der Waals surface area (Å²) in [5, 5.41) is 8.40. The molecule has 1 amide bonds. The van der Waals surface area contributed by atoms with Gasteiger partial charge in [-0.2, -0.15) is 16.4 Å². The molecule has 144 valence electrons. The highest BCUT2D eigenvalue weighted by Gasteiger charge is 2.27. The van der Waals surface area contributed by atoms with Crippen LogP contribution in [0, 0.1) is 11.6 Å². The number of amides is 1. The van der Waals surface area contributed by atoms with Crippen molar-refractivity contribution in [3.05, 3.63) is 74.7 Å². The van der Waals surface area contributed by atoms with Gasteiger partial charge < -0.3 is 4.90 Å². The van der Waals surface area contributed by atoms with Crippen LogP contribution in [0.25, 0.3) is 11.3 Å². The van der Waals surface area contributed by atoms with Crippen molar-refractivity contribution in [1.29, 1.82) is 0 Å². The van der Waals surface area contributed by atoms with Crippen LogP contribution in [-0.4, -0.2) is 33.7 Å². The first kappa shape index (κ1) is 18.5. The second-order valence-electron chi connectivity index (χ2n) is 6.66. The molecule has 0 saturated carbocycles. The number of halogens is 2. The lowest BCUT2D eigenvalue weighted by atomic mass is 10.0. The number of likely N-dealkylation sites (tertiary alicyclic amines) is 1. The Balaban J connectivity index is 1.50. The largest absolute Gasteiger partial charge is 0.338 e. The molecule has 1 saturated heterocycles. The van der Waals surface area contributed by atoms with E-state index in [2.05, 4.69) is 5.10 Å². The Bertz CT molecular complexity index is 1060.